The van der Waals surface area contributed by atoms with Crippen LogP contribution in [0.5, 0.6) is 0 Å². The van der Waals surface area contributed by atoms with Crippen molar-refractivity contribution in [2.45, 2.75) is 25.3 Å². The predicted octanol–water partition coefficient (Wildman–Crippen LogP) is 1.48. The molecule has 0 aromatic carbocycles. The predicted molar refractivity (Wildman–Crippen MR) is 70.0 cm³/mol. The van der Waals surface area contributed by atoms with Crippen molar-refractivity contribution in [3.8, 4) is 0 Å². The number of nitrogens with zero attached hydrogens (tertiary/aromatic N) is 3. The Morgan fingerprint density at radius 1 is 1.22 bits per heavy atom. The number of rotatable bonds is 1. The SMILES string of the molecule is Nc1cncc(F)c1N1CCN2CCCC[C@@H]2C1. The number of nitrogen functional groups attached to an aromatic ring is 1. The van der Waals surface area contributed by atoms with E-state index in [1.165, 1.54) is 38.2 Å². The lowest BCUT2D eigenvalue weighted by atomic mass is 9.99. The zero-order valence-electron chi connectivity index (χ0n) is 10.5. The second kappa shape index (κ2) is 4.72. The van der Waals surface area contributed by atoms with Crippen LogP contribution in [0.3, 0.4) is 0 Å². The standard InChI is InChI=1S/C13H19FN4/c14-11-7-16-8-12(15)13(11)18-6-5-17-4-2-1-3-10(17)9-18/h7-8,10H,1-6,9,15H2/t10-/m1/s1. The van der Waals surface area contributed by atoms with Crippen molar-refractivity contribution in [1.29, 1.82) is 0 Å². The summed E-state index contributed by atoms with van der Waals surface area (Å²) in [5.41, 5.74) is 6.84. The minimum atomic E-state index is -0.306. The molecule has 2 N–H and O–H groups in total. The Balaban J connectivity index is 1.81. The highest BCUT2D eigenvalue weighted by molar-refractivity contribution is 5.67. The van der Waals surface area contributed by atoms with Crippen molar-refractivity contribution < 1.29 is 4.39 Å². The minimum absolute atomic E-state index is 0.306. The molecule has 1 aromatic rings. The molecule has 4 nitrogen and oxygen atoms in total. The van der Waals surface area contributed by atoms with Crippen molar-refractivity contribution in [2.75, 3.05) is 36.8 Å². The Hall–Kier alpha value is -1.36. The minimum Gasteiger partial charge on any atom is -0.396 e. The van der Waals surface area contributed by atoms with Crippen LogP contribution in [0, 0.1) is 5.82 Å². The van der Waals surface area contributed by atoms with Crippen LogP contribution in [0.4, 0.5) is 15.8 Å². The molecule has 2 aliphatic rings. The van der Waals surface area contributed by atoms with Crippen LogP contribution in [0.25, 0.3) is 0 Å². The van der Waals surface area contributed by atoms with E-state index in [0.29, 0.717) is 17.4 Å². The van der Waals surface area contributed by atoms with E-state index in [2.05, 4.69) is 14.8 Å². The first kappa shape index (κ1) is 11.7. The monoisotopic (exact) mass is 250 g/mol. The number of aromatic nitrogens is 1. The Morgan fingerprint density at radius 3 is 2.94 bits per heavy atom. The highest BCUT2D eigenvalue weighted by Crippen LogP contribution is 2.30. The zero-order valence-corrected chi connectivity index (χ0v) is 10.5. The summed E-state index contributed by atoms with van der Waals surface area (Å²) < 4.78 is 13.9. The normalized spacial score (nSPS) is 24.9. The molecule has 0 saturated carbocycles. The van der Waals surface area contributed by atoms with Crippen molar-refractivity contribution in [3.05, 3.63) is 18.2 Å². The smallest absolute Gasteiger partial charge is 0.166 e. The molecule has 3 rings (SSSR count). The molecule has 2 fully saturated rings. The largest absolute Gasteiger partial charge is 0.396 e. The molecule has 18 heavy (non-hydrogen) atoms. The molecular weight excluding hydrogens is 231 g/mol. The first-order chi connectivity index (χ1) is 8.75. The summed E-state index contributed by atoms with van der Waals surface area (Å²) in [4.78, 5) is 8.39. The van der Waals surface area contributed by atoms with Crippen molar-refractivity contribution in [3.63, 3.8) is 0 Å². The van der Waals surface area contributed by atoms with Gasteiger partial charge in [-0.25, -0.2) is 4.39 Å². The molecule has 1 aromatic heterocycles. The number of nitrogens with two attached hydrogens (primary N) is 1. The zero-order chi connectivity index (χ0) is 12.5. The third-order valence-corrected chi connectivity index (χ3v) is 4.05. The molecule has 0 amide bonds. The van der Waals surface area contributed by atoms with Crippen LogP contribution in [0.2, 0.25) is 0 Å². The molecular formula is C13H19FN4. The van der Waals surface area contributed by atoms with E-state index in [4.69, 9.17) is 5.73 Å². The lowest BCUT2D eigenvalue weighted by molar-refractivity contribution is 0.133. The number of hydrogen-bond donors (Lipinski definition) is 1. The number of piperazine rings is 1. The topological polar surface area (TPSA) is 45.4 Å². The molecule has 2 aliphatic heterocycles. The van der Waals surface area contributed by atoms with Gasteiger partial charge in [0.15, 0.2) is 5.82 Å². The van der Waals surface area contributed by atoms with Gasteiger partial charge in [0, 0.05) is 25.7 Å². The summed E-state index contributed by atoms with van der Waals surface area (Å²) in [6.07, 6.45) is 6.57. The van der Waals surface area contributed by atoms with E-state index in [1.807, 2.05) is 0 Å². The van der Waals surface area contributed by atoms with Crippen LogP contribution < -0.4 is 10.6 Å². The van der Waals surface area contributed by atoms with Gasteiger partial charge < -0.3 is 10.6 Å². The van der Waals surface area contributed by atoms with Crippen LogP contribution in [-0.2, 0) is 0 Å². The van der Waals surface area contributed by atoms with Crippen LogP contribution in [0.15, 0.2) is 12.4 Å². The number of pyridine rings is 1. The van der Waals surface area contributed by atoms with Crippen LogP contribution in [-0.4, -0.2) is 42.1 Å². The van der Waals surface area contributed by atoms with Gasteiger partial charge in [-0.15, -0.1) is 0 Å². The second-order valence-corrected chi connectivity index (χ2v) is 5.19. The van der Waals surface area contributed by atoms with Crippen LogP contribution in [0.1, 0.15) is 19.3 Å². The second-order valence-electron chi connectivity index (χ2n) is 5.19. The Kier molecular flexibility index (Phi) is 3.07. The van der Waals surface area contributed by atoms with Crippen molar-refractivity contribution in [2.24, 2.45) is 0 Å². The Labute approximate surface area is 107 Å². The first-order valence-electron chi connectivity index (χ1n) is 6.63. The molecule has 0 aliphatic carbocycles. The van der Waals surface area contributed by atoms with Gasteiger partial charge in [0.1, 0.15) is 0 Å². The molecule has 5 heteroatoms. The van der Waals surface area contributed by atoms with Gasteiger partial charge >= 0.3 is 0 Å². The molecule has 2 saturated heterocycles. The van der Waals surface area contributed by atoms with Crippen molar-refractivity contribution in [1.82, 2.24) is 9.88 Å². The van der Waals surface area contributed by atoms with E-state index in [0.717, 1.165) is 19.6 Å². The maximum absolute atomic E-state index is 13.9. The maximum Gasteiger partial charge on any atom is 0.166 e. The molecule has 3 heterocycles. The number of piperidine rings is 1. The summed E-state index contributed by atoms with van der Waals surface area (Å²) in [7, 11) is 0. The Morgan fingerprint density at radius 2 is 2.11 bits per heavy atom. The van der Waals surface area contributed by atoms with Gasteiger partial charge in [0.2, 0.25) is 0 Å². The first-order valence-corrected chi connectivity index (χ1v) is 6.63. The van der Waals surface area contributed by atoms with Gasteiger partial charge in [-0.05, 0) is 19.4 Å². The van der Waals surface area contributed by atoms with Crippen molar-refractivity contribution >= 4 is 11.4 Å². The highest BCUT2D eigenvalue weighted by atomic mass is 19.1. The Bertz CT molecular complexity index is 417. The van der Waals surface area contributed by atoms with Gasteiger partial charge in [0.05, 0.1) is 23.8 Å². The molecule has 0 unspecified atom stereocenters. The summed E-state index contributed by atoms with van der Waals surface area (Å²) in [5, 5.41) is 0. The van der Waals surface area contributed by atoms with Gasteiger partial charge in [-0.1, -0.05) is 6.42 Å². The maximum atomic E-state index is 13.9. The number of anilines is 2. The van der Waals surface area contributed by atoms with E-state index in [-0.39, 0.29) is 5.82 Å². The molecule has 0 bridgehead atoms. The average Bonchev–Trinajstić information content (AvgIpc) is 2.38. The lowest BCUT2D eigenvalue weighted by Gasteiger charge is -2.45. The summed E-state index contributed by atoms with van der Waals surface area (Å²) in [6.45, 7) is 3.92. The fraction of sp³-hybridized carbons (Fsp3) is 0.615. The average molecular weight is 250 g/mol. The number of fused-ring (bicyclic) bond motifs is 1. The summed E-state index contributed by atoms with van der Waals surface area (Å²) in [5.74, 6) is -0.306. The molecule has 1 atom stereocenters. The quantitative estimate of drug-likeness (QED) is 0.820. The third-order valence-electron chi connectivity index (χ3n) is 4.05. The third kappa shape index (κ3) is 2.03. The molecule has 0 radical (unpaired) electrons. The van der Waals surface area contributed by atoms with Gasteiger partial charge in [0.25, 0.3) is 0 Å². The van der Waals surface area contributed by atoms with E-state index < -0.39 is 0 Å². The molecule has 0 spiro atoms. The van der Waals surface area contributed by atoms with E-state index in [1.54, 1.807) is 0 Å². The fourth-order valence-electron chi connectivity index (χ4n) is 3.14. The number of halogens is 1. The highest BCUT2D eigenvalue weighted by Gasteiger charge is 2.30. The van der Waals surface area contributed by atoms with Gasteiger partial charge in [-0.3, -0.25) is 9.88 Å². The fourth-order valence-corrected chi connectivity index (χ4v) is 3.14. The van der Waals surface area contributed by atoms with Crippen LogP contribution >= 0.6 is 0 Å². The summed E-state index contributed by atoms with van der Waals surface area (Å²) in [6, 6.07) is 0.555. The van der Waals surface area contributed by atoms with Gasteiger partial charge in [-0.2, -0.15) is 0 Å². The van der Waals surface area contributed by atoms with E-state index in [9.17, 15) is 4.39 Å². The number of hydrogen-bond acceptors (Lipinski definition) is 4. The molecule has 98 valence electrons. The lowest BCUT2D eigenvalue weighted by Crippen LogP contribution is -2.55. The summed E-state index contributed by atoms with van der Waals surface area (Å²) >= 11 is 0. The van der Waals surface area contributed by atoms with E-state index >= 15 is 0 Å².